The highest BCUT2D eigenvalue weighted by Crippen LogP contribution is 2.26. The molecule has 0 spiro atoms. The van der Waals surface area contributed by atoms with Crippen LogP contribution >= 0.6 is 0 Å². The molecule has 1 heterocycles. The van der Waals surface area contributed by atoms with Gasteiger partial charge in [0.2, 0.25) is 9.84 Å². The van der Waals surface area contributed by atoms with Crippen molar-refractivity contribution in [1.82, 2.24) is 4.98 Å². The fourth-order valence-electron chi connectivity index (χ4n) is 1.84. The minimum Gasteiger partial charge on any atom is -0.378 e. The van der Waals surface area contributed by atoms with Gasteiger partial charge in [0.1, 0.15) is 0 Å². The Balaban J connectivity index is 2.28. The lowest BCUT2D eigenvalue weighted by Gasteiger charge is -2.12. The maximum atomic E-state index is 12.7. The molecule has 1 N–H and O–H groups in total. The topological polar surface area (TPSA) is 59.1 Å². The van der Waals surface area contributed by atoms with Crippen LogP contribution in [0.5, 0.6) is 0 Å². The van der Waals surface area contributed by atoms with Crippen molar-refractivity contribution < 1.29 is 17.2 Å². The first-order valence-electron chi connectivity index (χ1n) is 6.18. The van der Waals surface area contributed by atoms with Crippen molar-refractivity contribution in [3.63, 3.8) is 0 Å². The van der Waals surface area contributed by atoms with Crippen molar-refractivity contribution in [2.75, 3.05) is 5.32 Å². The van der Waals surface area contributed by atoms with E-state index in [0.29, 0.717) is 0 Å². The number of hydrogen-bond donors (Lipinski definition) is 1. The van der Waals surface area contributed by atoms with Gasteiger partial charge in [-0.15, -0.1) is 0 Å². The molecule has 21 heavy (non-hydrogen) atoms. The number of alkyl halides is 2. The number of nitrogens with zero attached hydrogens (tertiary/aromatic N) is 1. The Hall–Kier alpha value is -2.02. The lowest BCUT2D eigenvalue weighted by Crippen LogP contribution is -2.14. The second-order valence-corrected chi connectivity index (χ2v) is 6.31. The number of pyridine rings is 1. The van der Waals surface area contributed by atoms with Gasteiger partial charge in [0.05, 0.1) is 22.8 Å². The number of aryl methyl sites for hydroxylation is 1. The van der Waals surface area contributed by atoms with Gasteiger partial charge in [-0.05, 0) is 30.7 Å². The lowest BCUT2D eigenvalue weighted by atomic mass is 10.2. The Morgan fingerprint density at radius 3 is 2.57 bits per heavy atom. The Labute approximate surface area is 121 Å². The third-order valence-electron chi connectivity index (χ3n) is 2.99. The van der Waals surface area contributed by atoms with Gasteiger partial charge in [-0.2, -0.15) is 8.78 Å². The normalized spacial score (nSPS) is 11.6. The number of hydrogen-bond acceptors (Lipinski definition) is 4. The molecule has 4 nitrogen and oxygen atoms in total. The van der Waals surface area contributed by atoms with Gasteiger partial charge in [0.25, 0.3) is 0 Å². The molecule has 1 aromatic heterocycles. The number of rotatable bonds is 5. The van der Waals surface area contributed by atoms with E-state index < -0.39 is 20.5 Å². The number of para-hydroxylation sites is 1. The third-order valence-corrected chi connectivity index (χ3v) is 4.43. The second-order valence-electron chi connectivity index (χ2n) is 4.42. The summed E-state index contributed by atoms with van der Waals surface area (Å²) in [6.07, 6.45) is 1.62. The third kappa shape index (κ3) is 3.36. The summed E-state index contributed by atoms with van der Waals surface area (Å²) in [6.45, 7) is 2.12. The van der Waals surface area contributed by atoms with Crippen molar-refractivity contribution in [3.05, 3.63) is 53.9 Å². The lowest BCUT2D eigenvalue weighted by molar-refractivity contribution is 0.235. The first-order chi connectivity index (χ1) is 9.93. The van der Waals surface area contributed by atoms with E-state index in [1.807, 2.05) is 13.0 Å². The Morgan fingerprint density at radius 1 is 1.19 bits per heavy atom. The van der Waals surface area contributed by atoms with Gasteiger partial charge in [0, 0.05) is 6.20 Å². The molecule has 1 aromatic carbocycles. The average Bonchev–Trinajstić information content (AvgIpc) is 2.46. The van der Waals surface area contributed by atoms with Crippen LogP contribution in [0.15, 0.2) is 47.5 Å². The van der Waals surface area contributed by atoms with Crippen LogP contribution in [0, 0.1) is 6.92 Å². The molecule has 0 saturated carbocycles. The maximum Gasteiger partial charge on any atom is 0.341 e. The largest absolute Gasteiger partial charge is 0.378 e. The fourth-order valence-corrected chi connectivity index (χ4v) is 2.75. The van der Waals surface area contributed by atoms with Crippen LogP contribution in [0.25, 0.3) is 0 Å². The van der Waals surface area contributed by atoms with E-state index in [1.165, 1.54) is 12.1 Å². The van der Waals surface area contributed by atoms with Gasteiger partial charge >= 0.3 is 5.76 Å². The van der Waals surface area contributed by atoms with Crippen LogP contribution in [-0.2, 0) is 16.4 Å². The first-order valence-corrected chi connectivity index (χ1v) is 7.73. The molecule has 0 aliphatic heterocycles. The molecule has 112 valence electrons. The minimum atomic E-state index is -4.64. The molecular weight excluding hydrogens is 298 g/mol. The zero-order valence-corrected chi connectivity index (χ0v) is 12.1. The van der Waals surface area contributed by atoms with Crippen LogP contribution in [0.4, 0.5) is 14.5 Å². The van der Waals surface area contributed by atoms with Crippen LogP contribution < -0.4 is 5.32 Å². The molecule has 2 aromatic rings. The molecule has 0 saturated heterocycles. The van der Waals surface area contributed by atoms with E-state index in [1.54, 1.807) is 18.3 Å². The molecule has 0 aliphatic carbocycles. The van der Waals surface area contributed by atoms with Gasteiger partial charge < -0.3 is 5.32 Å². The summed E-state index contributed by atoms with van der Waals surface area (Å²) < 4.78 is 48.6. The Bertz CT molecular complexity index is 733. The summed E-state index contributed by atoms with van der Waals surface area (Å²) in [5, 5.41) is 2.86. The zero-order chi connectivity index (χ0) is 15.5. The van der Waals surface area contributed by atoms with Crippen molar-refractivity contribution >= 4 is 15.5 Å². The molecule has 0 atom stereocenters. The van der Waals surface area contributed by atoms with Gasteiger partial charge in [-0.3, -0.25) is 4.98 Å². The monoisotopic (exact) mass is 312 g/mol. The highest BCUT2D eigenvalue weighted by atomic mass is 32.2. The SMILES string of the molecule is Cc1cccnc1CNc1ccccc1S(=O)(=O)C(F)F. The number of nitrogens with one attached hydrogen (secondary N) is 1. The number of halogens is 2. The predicted octanol–water partition coefficient (Wildman–Crippen LogP) is 3.00. The van der Waals surface area contributed by atoms with Crippen LogP contribution in [-0.4, -0.2) is 19.2 Å². The number of sulfone groups is 1. The predicted molar refractivity (Wildman–Crippen MR) is 75.9 cm³/mol. The van der Waals surface area contributed by atoms with Crippen LogP contribution in [0.1, 0.15) is 11.3 Å². The van der Waals surface area contributed by atoms with E-state index in [9.17, 15) is 17.2 Å². The number of aromatic nitrogens is 1. The van der Waals surface area contributed by atoms with Gasteiger partial charge in [-0.1, -0.05) is 18.2 Å². The molecule has 2 rings (SSSR count). The fraction of sp³-hybridized carbons (Fsp3) is 0.214. The quantitative estimate of drug-likeness (QED) is 0.922. The molecule has 0 fully saturated rings. The summed E-state index contributed by atoms with van der Waals surface area (Å²) in [5.41, 5.74) is 1.80. The molecule has 0 bridgehead atoms. The molecular formula is C14H14F2N2O2S. The van der Waals surface area contributed by atoms with Crippen molar-refractivity contribution in [1.29, 1.82) is 0 Å². The summed E-state index contributed by atoms with van der Waals surface area (Å²) in [7, 11) is -4.64. The van der Waals surface area contributed by atoms with E-state index in [4.69, 9.17) is 0 Å². The minimum absolute atomic E-state index is 0.142. The molecule has 0 amide bonds. The summed E-state index contributed by atoms with van der Waals surface area (Å²) in [5.74, 6) is -3.45. The number of benzene rings is 1. The average molecular weight is 312 g/mol. The summed E-state index contributed by atoms with van der Waals surface area (Å²) in [6, 6.07) is 9.26. The van der Waals surface area contributed by atoms with Gasteiger partial charge in [0.15, 0.2) is 0 Å². The van der Waals surface area contributed by atoms with E-state index in [2.05, 4.69) is 10.3 Å². The Morgan fingerprint density at radius 2 is 1.90 bits per heavy atom. The standard InChI is InChI=1S/C14H14F2N2O2S/c1-10-5-4-8-17-12(10)9-18-11-6-2-3-7-13(11)21(19,20)14(15)16/h2-8,14,18H,9H2,1H3. The molecule has 0 aliphatic rings. The number of anilines is 1. The first kappa shape index (κ1) is 15.4. The van der Waals surface area contributed by atoms with Crippen LogP contribution in [0.3, 0.4) is 0 Å². The summed E-state index contributed by atoms with van der Waals surface area (Å²) >= 11 is 0. The highest BCUT2D eigenvalue weighted by molar-refractivity contribution is 7.91. The van der Waals surface area contributed by atoms with Gasteiger partial charge in [-0.25, -0.2) is 8.42 Å². The smallest absolute Gasteiger partial charge is 0.341 e. The van der Waals surface area contributed by atoms with Crippen molar-refractivity contribution in [2.45, 2.75) is 24.1 Å². The summed E-state index contributed by atoms with van der Waals surface area (Å²) in [4.78, 5) is 3.75. The van der Waals surface area contributed by atoms with Crippen molar-refractivity contribution in [3.8, 4) is 0 Å². The van der Waals surface area contributed by atoms with E-state index in [0.717, 1.165) is 17.3 Å². The molecule has 0 radical (unpaired) electrons. The van der Waals surface area contributed by atoms with E-state index in [-0.39, 0.29) is 12.2 Å². The van der Waals surface area contributed by atoms with Crippen molar-refractivity contribution in [2.24, 2.45) is 0 Å². The second kappa shape index (κ2) is 6.17. The van der Waals surface area contributed by atoms with Crippen LogP contribution in [0.2, 0.25) is 0 Å². The highest BCUT2D eigenvalue weighted by Gasteiger charge is 2.28. The molecule has 7 heteroatoms. The maximum absolute atomic E-state index is 12.7. The molecule has 0 unspecified atom stereocenters. The Kier molecular flexibility index (Phi) is 4.52. The van der Waals surface area contributed by atoms with E-state index >= 15 is 0 Å². The zero-order valence-electron chi connectivity index (χ0n) is 11.3.